The zero-order chi connectivity index (χ0) is 18.4. The van der Waals surface area contributed by atoms with Gasteiger partial charge in [0.05, 0.1) is 19.4 Å². The fourth-order valence-corrected chi connectivity index (χ4v) is 3.34. The second-order valence-corrected chi connectivity index (χ2v) is 7.32. The monoisotopic (exact) mass is 425 g/mol. The molecule has 1 aliphatic rings. The number of carbonyl (C=O) groups excluding carboxylic acids is 1. The molecule has 1 atom stereocenters. The van der Waals surface area contributed by atoms with Crippen molar-refractivity contribution in [3.63, 3.8) is 0 Å². The summed E-state index contributed by atoms with van der Waals surface area (Å²) in [7, 11) is 1.40. The molecule has 0 aliphatic carbocycles. The molecular weight excluding hydrogens is 396 g/mol. The molecule has 1 aliphatic heterocycles. The smallest absolute Gasteiger partial charge is 0.409 e. The number of hydrogen-bond donors (Lipinski definition) is 2. The van der Waals surface area contributed by atoms with Gasteiger partial charge in [-0.05, 0) is 45.1 Å². The lowest BCUT2D eigenvalue weighted by molar-refractivity contribution is 0.0985. The van der Waals surface area contributed by atoms with Crippen molar-refractivity contribution in [1.29, 1.82) is 0 Å². The molecule has 0 unspecified atom stereocenters. The number of nitrogens with one attached hydrogen (secondary N) is 1. The van der Waals surface area contributed by atoms with Gasteiger partial charge in [-0.25, -0.2) is 9.18 Å². The lowest BCUT2D eigenvalue weighted by Crippen LogP contribution is -2.45. The summed E-state index contributed by atoms with van der Waals surface area (Å²) in [4.78, 5) is 17.0. The summed E-state index contributed by atoms with van der Waals surface area (Å²) in [5.41, 5.74) is 0.300. The van der Waals surface area contributed by atoms with Gasteiger partial charge >= 0.3 is 6.09 Å². The van der Waals surface area contributed by atoms with E-state index in [0.29, 0.717) is 31.1 Å². The number of β-amino-alcohol motifs (C(OH)–C–C–N with tert-alkyl or cyclic N) is 1. The first-order valence-electron chi connectivity index (χ1n) is 8.67. The number of likely N-dealkylation sites (tertiary alicyclic amines) is 1. The number of aliphatic hydroxyl groups is 1. The van der Waals surface area contributed by atoms with Gasteiger partial charge in [-0.1, -0.05) is 0 Å². The maximum atomic E-state index is 13.2. The van der Waals surface area contributed by atoms with Crippen LogP contribution in [0, 0.1) is 11.7 Å². The van der Waals surface area contributed by atoms with Crippen LogP contribution in [0.1, 0.15) is 44.8 Å². The van der Waals surface area contributed by atoms with Crippen molar-refractivity contribution in [2.45, 2.75) is 44.8 Å². The van der Waals surface area contributed by atoms with Crippen LogP contribution >= 0.6 is 24.8 Å². The van der Waals surface area contributed by atoms with E-state index in [-0.39, 0.29) is 36.4 Å². The first kappa shape index (κ1) is 25.9. The Hall–Kier alpha value is -1.15. The van der Waals surface area contributed by atoms with Gasteiger partial charge in [0.25, 0.3) is 0 Å². The van der Waals surface area contributed by atoms with Crippen LogP contribution in [0.4, 0.5) is 9.18 Å². The topological polar surface area (TPSA) is 74.7 Å². The number of amides is 1. The molecule has 1 fully saturated rings. The molecule has 0 bridgehead atoms. The van der Waals surface area contributed by atoms with Crippen molar-refractivity contribution < 1.29 is 19.0 Å². The summed E-state index contributed by atoms with van der Waals surface area (Å²) in [6.45, 7) is 5.95. The van der Waals surface area contributed by atoms with Gasteiger partial charge in [-0.2, -0.15) is 0 Å². The van der Waals surface area contributed by atoms with E-state index >= 15 is 0 Å². The minimum atomic E-state index is -0.802. The third-order valence-electron chi connectivity index (χ3n) is 4.73. The fraction of sp³-hybridized carbons (Fsp3) is 0.667. The number of nitrogens with zero attached hydrogens (tertiary/aromatic N) is 2. The summed E-state index contributed by atoms with van der Waals surface area (Å²) in [6, 6.07) is 1.30. The summed E-state index contributed by atoms with van der Waals surface area (Å²) in [6.07, 6.45) is 4.36. The lowest BCUT2D eigenvalue weighted by Gasteiger charge is -2.36. The number of rotatable bonds is 6. The average Bonchev–Trinajstić information content (AvgIpc) is 2.59. The molecule has 156 valence electrons. The molecule has 1 aromatic heterocycles. The highest BCUT2D eigenvalue weighted by molar-refractivity contribution is 5.85. The first-order valence-corrected chi connectivity index (χ1v) is 8.67. The SMILES string of the molecule is COC(=O)N1CCC(CC(C)(C)NC[C@H](O)c2cncc(F)c2)CC1.Cl.Cl. The molecule has 6 nitrogen and oxygen atoms in total. The van der Waals surface area contributed by atoms with Crippen molar-refractivity contribution in [2.75, 3.05) is 26.7 Å². The van der Waals surface area contributed by atoms with Crippen LogP contribution in [0.3, 0.4) is 0 Å². The van der Waals surface area contributed by atoms with E-state index in [4.69, 9.17) is 4.74 Å². The fourth-order valence-electron chi connectivity index (χ4n) is 3.34. The second-order valence-electron chi connectivity index (χ2n) is 7.32. The zero-order valence-corrected chi connectivity index (χ0v) is 17.6. The predicted molar refractivity (Wildman–Crippen MR) is 107 cm³/mol. The van der Waals surface area contributed by atoms with Crippen LogP contribution in [0.2, 0.25) is 0 Å². The molecule has 0 saturated carbocycles. The molecular formula is C18H30Cl2FN3O3. The number of halogens is 3. The van der Waals surface area contributed by atoms with E-state index in [1.54, 1.807) is 4.90 Å². The van der Waals surface area contributed by atoms with E-state index in [1.807, 2.05) is 0 Å². The molecule has 2 rings (SSSR count). The van der Waals surface area contributed by atoms with Gasteiger partial charge in [0.1, 0.15) is 5.82 Å². The standard InChI is InChI=1S/C18H28FN3O3.2ClH/c1-18(2,9-13-4-6-22(7-5-13)17(24)25-3)21-12-16(23)14-8-15(19)11-20-10-14;;/h8,10-11,13,16,21,23H,4-7,9,12H2,1-3H3;2*1H/t16-;;/m0../s1. The second kappa shape index (κ2) is 11.6. The van der Waals surface area contributed by atoms with Crippen molar-refractivity contribution in [3.8, 4) is 0 Å². The average molecular weight is 426 g/mol. The number of aliphatic hydroxyl groups excluding tert-OH is 1. The maximum Gasteiger partial charge on any atom is 0.409 e. The van der Waals surface area contributed by atoms with Crippen molar-refractivity contribution >= 4 is 30.9 Å². The molecule has 2 N–H and O–H groups in total. The number of carbonyl (C=O) groups is 1. The van der Waals surface area contributed by atoms with Crippen molar-refractivity contribution in [1.82, 2.24) is 15.2 Å². The number of methoxy groups -OCH3 is 1. The summed E-state index contributed by atoms with van der Waals surface area (Å²) in [5.74, 6) is 0.0598. The summed E-state index contributed by atoms with van der Waals surface area (Å²) >= 11 is 0. The molecule has 27 heavy (non-hydrogen) atoms. The molecule has 0 spiro atoms. The Kier molecular flexibility index (Phi) is 11.1. The minimum Gasteiger partial charge on any atom is -0.453 e. The van der Waals surface area contributed by atoms with Gasteiger partial charge < -0.3 is 20.1 Å². The largest absolute Gasteiger partial charge is 0.453 e. The number of ether oxygens (including phenoxy) is 1. The molecule has 1 aromatic rings. The Labute approximate surface area is 172 Å². The molecule has 1 amide bonds. The lowest BCUT2D eigenvalue weighted by atomic mass is 9.84. The van der Waals surface area contributed by atoms with Crippen molar-refractivity contribution in [2.24, 2.45) is 5.92 Å². The van der Waals surface area contributed by atoms with Gasteiger partial charge in [0.2, 0.25) is 0 Å². The first-order chi connectivity index (χ1) is 11.8. The number of aromatic nitrogens is 1. The number of pyridine rings is 1. The highest BCUT2D eigenvalue weighted by Gasteiger charge is 2.28. The van der Waals surface area contributed by atoms with E-state index in [9.17, 15) is 14.3 Å². The third kappa shape index (κ3) is 8.17. The Morgan fingerprint density at radius 2 is 2.04 bits per heavy atom. The normalized spacial score (nSPS) is 16.1. The Balaban J connectivity index is 0.00000338. The molecule has 1 saturated heterocycles. The van der Waals surface area contributed by atoms with E-state index < -0.39 is 11.9 Å². The van der Waals surface area contributed by atoms with Crippen LogP contribution in [-0.2, 0) is 4.74 Å². The van der Waals surface area contributed by atoms with Crippen LogP contribution < -0.4 is 5.32 Å². The highest BCUT2D eigenvalue weighted by Crippen LogP contribution is 2.27. The molecule has 0 radical (unpaired) electrons. The van der Waals surface area contributed by atoms with Gasteiger partial charge in [-0.3, -0.25) is 4.98 Å². The van der Waals surface area contributed by atoms with Gasteiger partial charge in [0.15, 0.2) is 0 Å². The highest BCUT2D eigenvalue weighted by atomic mass is 35.5. The van der Waals surface area contributed by atoms with Crippen LogP contribution in [0.25, 0.3) is 0 Å². The van der Waals surface area contributed by atoms with E-state index in [0.717, 1.165) is 25.5 Å². The summed E-state index contributed by atoms with van der Waals surface area (Å²) < 4.78 is 18.0. The van der Waals surface area contributed by atoms with Crippen molar-refractivity contribution in [3.05, 3.63) is 29.8 Å². The maximum absolute atomic E-state index is 13.2. The van der Waals surface area contributed by atoms with Gasteiger partial charge in [-0.15, -0.1) is 24.8 Å². The Morgan fingerprint density at radius 3 is 2.59 bits per heavy atom. The molecule has 9 heteroatoms. The van der Waals surface area contributed by atoms with Crippen LogP contribution in [0.15, 0.2) is 18.5 Å². The predicted octanol–water partition coefficient (Wildman–Crippen LogP) is 3.33. The zero-order valence-electron chi connectivity index (χ0n) is 16.0. The number of hydrogen-bond acceptors (Lipinski definition) is 5. The van der Waals surface area contributed by atoms with E-state index in [1.165, 1.54) is 19.4 Å². The Bertz CT molecular complexity index is 585. The third-order valence-corrected chi connectivity index (χ3v) is 4.73. The number of piperidine rings is 1. The summed E-state index contributed by atoms with van der Waals surface area (Å²) in [5, 5.41) is 13.6. The van der Waals surface area contributed by atoms with Crippen LogP contribution in [0.5, 0.6) is 0 Å². The Morgan fingerprint density at radius 1 is 1.41 bits per heavy atom. The molecule has 2 heterocycles. The van der Waals surface area contributed by atoms with Gasteiger partial charge in [0, 0.05) is 36.9 Å². The quantitative estimate of drug-likeness (QED) is 0.730. The minimum absolute atomic E-state index is 0. The van der Waals surface area contributed by atoms with Crippen LogP contribution in [-0.4, -0.2) is 53.4 Å². The van der Waals surface area contributed by atoms with E-state index in [2.05, 4.69) is 24.1 Å². The molecule has 0 aromatic carbocycles.